The largest absolute Gasteiger partial charge is 0.458 e. The lowest BCUT2D eigenvalue weighted by atomic mass is 9.67. The number of ether oxygens (including phenoxy) is 7. The van der Waals surface area contributed by atoms with Crippen LogP contribution < -0.4 is 0 Å². The molecule has 4 unspecified atom stereocenters. The van der Waals surface area contributed by atoms with Crippen molar-refractivity contribution >= 4 is 64.9 Å². The van der Waals surface area contributed by atoms with E-state index in [-0.39, 0.29) is 97.4 Å². The summed E-state index contributed by atoms with van der Waals surface area (Å²) in [6, 6.07) is 0. The first-order chi connectivity index (χ1) is 52.9. The van der Waals surface area contributed by atoms with Gasteiger partial charge in [-0.15, -0.1) is 0 Å². The van der Waals surface area contributed by atoms with Gasteiger partial charge in [0.1, 0.15) is 49.3 Å². The molecule has 2 N–H and O–H groups in total. The first-order valence-electron chi connectivity index (χ1n) is 40.8. The van der Waals surface area contributed by atoms with Gasteiger partial charge in [-0.25, -0.2) is 4.79 Å². The topological polar surface area (TPSA) is 293 Å². The molecule has 8 rings (SSSR count). The number of unbranched alkanes of at least 4 members (excludes halogenated alkanes) is 9. The number of aliphatic hydroxyl groups excluding tert-OH is 1. The molecular weight excluding hydrogens is 1420 g/mol. The summed E-state index contributed by atoms with van der Waals surface area (Å²) in [6.07, 6.45) is 46.5. The van der Waals surface area contributed by atoms with Crippen LogP contribution in [0.5, 0.6) is 0 Å². The molecule has 0 radical (unpaired) electrons. The molecule has 20 heteroatoms. The molecule has 4 fully saturated rings. The summed E-state index contributed by atoms with van der Waals surface area (Å²) >= 11 is 0. The summed E-state index contributed by atoms with van der Waals surface area (Å²) in [4.78, 5) is 135. The van der Waals surface area contributed by atoms with Crippen molar-refractivity contribution in [2.45, 2.75) is 332 Å². The van der Waals surface area contributed by atoms with Gasteiger partial charge in [0.25, 0.3) is 0 Å². The normalized spacial score (nSPS) is 27.4. The van der Waals surface area contributed by atoms with Crippen LogP contribution in [0.3, 0.4) is 0 Å². The maximum atomic E-state index is 12.9. The number of aliphatic hydroxyl groups is 2. The Bertz CT molecular complexity index is 3690. The molecule has 4 spiro atoms. The van der Waals surface area contributed by atoms with E-state index in [1.807, 2.05) is 84.9 Å². The quantitative estimate of drug-likeness (QED) is 0.0267. The van der Waals surface area contributed by atoms with Crippen LogP contribution in [0, 0.1) is 27.6 Å². The maximum Gasteiger partial charge on any atom is 0.332 e. The van der Waals surface area contributed by atoms with Crippen LogP contribution in [0.1, 0.15) is 284 Å². The van der Waals surface area contributed by atoms with Gasteiger partial charge in [-0.05, 0) is 220 Å². The Morgan fingerprint density at radius 3 is 1.05 bits per heavy atom. The van der Waals surface area contributed by atoms with Gasteiger partial charge in [0.15, 0.2) is 23.1 Å². The van der Waals surface area contributed by atoms with Crippen molar-refractivity contribution in [3.63, 3.8) is 0 Å². The van der Waals surface area contributed by atoms with Crippen LogP contribution in [0.2, 0.25) is 0 Å². The van der Waals surface area contributed by atoms with E-state index in [1.54, 1.807) is 38.2 Å². The van der Waals surface area contributed by atoms with Crippen molar-refractivity contribution in [3.8, 4) is 0 Å². The molecular formula is C92H130O20. The van der Waals surface area contributed by atoms with Gasteiger partial charge in [0.2, 0.25) is 0 Å². The SMILES string of the molecule is C/C(=C\[C@H]1OC(=O)CC12C[C@H](C)C=CC2=O)C/C=C/C(C)(C)O.CC(C)=CCC/C(C)=C/[C@H]1OC(=O)CC12C[C@H](OC(=O)CO)C=CC2=O.CCCCCC(=O)O[C@@H]1C=CC(=O)C2(CC(=O)O[C@@H]2/C=C(\C)CCC=C(C)C)C1.CCCCCCCCCCC(=O)O[C@@H]1C=CC(=O)C2(CC(=O)O[C@@H]2/C=C(\C)CCC=C(C)C)C1. The van der Waals surface area contributed by atoms with E-state index in [9.17, 15) is 57.8 Å². The fourth-order valence-corrected chi connectivity index (χ4v) is 15.4. The Balaban J connectivity index is 0.000000269. The molecule has 8 aliphatic rings. The molecule has 0 aromatic heterocycles. The summed E-state index contributed by atoms with van der Waals surface area (Å²) in [5.74, 6) is -2.93. The van der Waals surface area contributed by atoms with Crippen molar-refractivity contribution in [2.75, 3.05) is 6.61 Å². The molecule has 4 aliphatic heterocycles. The monoisotopic (exact) mass is 1550 g/mol. The Morgan fingerprint density at radius 2 is 0.723 bits per heavy atom. The zero-order chi connectivity index (χ0) is 83.0. The summed E-state index contributed by atoms with van der Waals surface area (Å²) in [5.41, 5.74) is 3.38. The maximum absolute atomic E-state index is 12.9. The van der Waals surface area contributed by atoms with E-state index in [0.29, 0.717) is 32.1 Å². The highest BCUT2D eigenvalue weighted by Crippen LogP contribution is 2.50. The molecule has 0 saturated carbocycles. The van der Waals surface area contributed by atoms with Gasteiger partial charge < -0.3 is 43.4 Å². The van der Waals surface area contributed by atoms with Crippen molar-refractivity contribution in [1.29, 1.82) is 0 Å². The highest BCUT2D eigenvalue weighted by molar-refractivity contribution is 6.03. The number of hydrogen-bond acceptors (Lipinski definition) is 20. The standard InChI is InChI=1S/C29H44O5.C24H34O5.C20H26O6.C19H26O4/c1-5-6-7-8-9-10-11-12-16-27(31)33-24-17-18-25(30)29(20-24)21-28(32)34-26(29)19-23(4)15-13-14-22(2)3;1-5-6-7-11-22(26)28-19-12-13-20(25)24(15-19)16-23(27)29-21(24)14-18(4)10-8-9-17(2)3;1-13(2)5-4-6-14(3)9-17-20(11-18(23)26-17)10-15(7-8-16(20)22)25-19(24)12-21;1-13(6-5-9-18(3,4)22)10-16-19(12-17(21)23-16)11-14(2)7-8-15(19)20/h14,17-19,24,26H,5-13,15-16,20-21H2,1-4H3;9,12-14,19,21H,5-8,10-11,15-16H2,1-4H3;5,7-9,15,17,21H,4,6,10-12H2,1-3H3;5,7-10,14,16,22H,6,11-12H2,1-4H3/b23-19+;18-14+;14-9+;9-5+,13-10+/t24-,26-,29?;19-,21-,24?;15-,17-,20?;14-,16-,19?/m1111/s1. The average Bonchev–Trinajstić information content (AvgIpc) is 1.61. The molecule has 4 heterocycles. The third-order valence-corrected chi connectivity index (χ3v) is 21.5. The first kappa shape index (κ1) is 94.4. The summed E-state index contributed by atoms with van der Waals surface area (Å²) in [6.45, 7) is 29.3. The van der Waals surface area contributed by atoms with Crippen LogP contribution >= 0.6 is 0 Å². The second kappa shape index (κ2) is 45.6. The predicted octanol–water partition coefficient (Wildman–Crippen LogP) is 17.5. The fraction of sp³-hybridized carbons (Fsp3) is 0.620. The number of rotatable bonds is 33. The Kier molecular flexibility index (Phi) is 38.4. The van der Waals surface area contributed by atoms with Gasteiger partial charge in [-0.2, -0.15) is 0 Å². The van der Waals surface area contributed by atoms with Crippen LogP contribution in [-0.4, -0.2) is 130 Å². The number of carbonyl (C=O) groups excluding carboxylic acids is 11. The van der Waals surface area contributed by atoms with Gasteiger partial charge >= 0.3 is 41.8 Å². The predicted molar refractivity (Wildman–Crippen MR) is 431 cm³/mol. The number of hydrogen-bond donors (Lipinski definition) is 2. The number of ketones is 4. The molecule has 0 aromatic carbocycles. The second-order valence-corrected chi connectivity index (χ2v) is 33.4. The molecule has 12 atom stereocenters. The number of cyclic esters (lactones) is 4. The number of allylic oxidation sites excluding steroid dienone is 16. The van der Waals surface area contributed by atoms with Gasteiger partial charge in [0.05, 0.1) is 52.9 Å². The number of carbonyl (C=O) groups is 11. The van der Waals surface area contributed by atoms with Gasteiger partial charge in [0, 0.05) is 32.1 Å². The lowest BCUT2D eigenvalue weighted by Gasteiger charge is -2.34. The highest BCUT2D eigenvalue weighted by atomic mass is 16.6. The molecule has 0 aromatic rings. The third-order valence-electron chi connectivity index (χ3n) is 21.5. The van der Waals surface area contributed by atoms with Crippen LogP contribution in [0.25, 0.3) is 0 Å². The molecule has 618 valence electrons. The molecule has 0 bridgehead atoms. The van der Waals surface area contributed by atoms with E-state index < -0.39 is 88.5 Å². The lowest BCUT2D eigenvalue weighted by molar-refractivity contribution is -0.154. The van der Waals surface area contributed by atoms with Crippen molar-refractivity contribution in [3.05, 3.63) is 142 Å². The second-order valence-electron chi connectivity index (χ2n) is 33.4. The van der Waals surface area contributed by atoms with Gasteiger partial charge in [-0.3, -0.25) is 47.9 Å². The van der Waals surface area contributed by atoms with E-state index >= 15 is 0 Å². The van der Waals surface area contributed by atoms with Crippen molar-refractivity contribution in [2.24, 2.45) is 27.6 Å². The van der Waals surface area contributed by atoms with Crippen LogP contribution in [0.15, 0.2) is 142 Å². The Hall–Kier alpha value is -8.23. The molecule has 4 saturated heterocycles. The van der Waals surface area contributed by atoms with E-state index in [1.165, 1.54) is 73.1 Å². The minimum atomic E-state index is -1.05. The summed E-state index contributed by atoms with van der Waals surface area (Å²) in [5, 5.41) is 18.5. The molecule has 0 amide bonds. The van der Waals surface area contributed by atoms with E-state index in [2.05, 4.69) is 59.8 Å². The minimum Gasteiger partial charge on any atom is -0.458 e. The summed E-state index contributed by atoms with van der Waals surface area (Å²) in [7, 11) is 0. The summed E-state index contributed by atoms with van der Waals surface area (Å²) < 4.78 is 38.4. The van der Waals surface area contributed by atoms with E-state index in [0.717, 1.165) is 99.3 Å². The smallest absolute Gasteiger partial charge is 0.332 e. The van der Waals surface area contributed by atoms with Gasteiger partial charge in [-0.1, -0.05) is 154 Å². The fourth-order valence-electron chi connectivity index (χ4n) is 15.4. The molecule has 4 aliphatic carbocycles. The first-order valence-corrected chi connectivity index (χ1v) is 40.8. The lowest BCUT2D eigenvalue weighted by Crippen LogP contribution is -2.43. The highest BCUT2D eigenvalue weighted by Gasteiger charge is 2.59. The Morgan fingerprint density at radius 1 is 0.429 bits per heavy atom. The van der Waals surface area contributed by atoms with Crippen LogP contribution in [0.4, 0.5) is 0 Å². The molecule has 112 heavy (non-hydrogen) atoms. The van der Waals surface area contributed by atoms with E-state index in [4.69, 9.17) is 38.3 Å². The zero-order valence-corrected chi connectivity index (χ0v) is 69.7. The van der Waals surface area contributed by atoms with Crippen LogP contribution in [-0.2, 0) is 85.9 Å². The van der Waals surface area contributed by atoms with Crippen molar-refractivity contribution in [1.82, 2.24) is 0 Å². The third kappa shape index (κ3) is 29.9. The minimum absolute atomic E-state index is 0.0115. The zero-order valence-electron chi connectivity index (χ0n) is 69.7. The van der Waals surface area contributed by atoms with Crippen molar-refractivity contribution < 1.29 is 96.1 Å². The number of esters is 7. The molecule has 20 nitrogen and oxygen atoms in total. The Labute approximate surface area is 666 Å². The average molecular weight is 1560 g/mol.